The summed E-state index contributed by atoms with van der Waals surface area (Å²) >= 11 is 0. The maximum Gasteiger partial charge on any atom is 0.306 e. The van der Waals surface area contributed by atoms with E-state index in [9.17, 15) is 30.3 Å². The number of esters is 1. The number of aliphatic hydroxyl groups is 5. The van der Waals surface area contributed by atoms with Crippen LogP contribution in [0.2, 0.25) is 0 Å². The summed E-state index contributed by atoms with van der Waals surface area (Å²) in [7, 11) is 0. The van der Waals surface area contributed by atoms with Crippen molar-refractivity contribution in [3.8, 4) is 5.75 Å². The van der Waals surface area contributed by atoms with Gasteiger partial charge < -0.3 is 35.4 Å². The van der Waals surface area contributed by atoms with Crippen molar-refractivity contribution in [1.29, 1.82) is 0 Å². The molecule has 31 heavy (non-hydrogen) atoms. The van der Waals surface area contributed by atoms with Crippen molar-refractivity contribution in [3.05, 3.63) is 28.8 Å². The molecule has 0 fully saturated rings. The maximum atomic E-state index is 12.1. The molecule has 4 atom stereocenters. The van der Waals surface area contributed by atoms with Crippen LogP contribution >= 0.6 is 0 Å². The van der Waals surface area contributed by atoms with Crippen molar-refractivity contribution in [2.75, 3.05) is 13.2 Å². The Balaban J connectivity index is 2.81. The molecule has 8 nitrogen and oxygen atoms in total. The molecular formula is C23H38O8. The van der Waals surface area contributed by atoms with Crippen molar-refractivity contribution < 1.29 is 40.2 Å². The Kier molecular flexibility index (Phi) is 9.47. The van der Waals surface area contributed by atoms with Crippen molar-refractivity contribution in [1.82, 2.24) is 0 Å². The first kappa shape index (κ1) is 27.3. The fraction of sp³-hybridized carbons (Fsp3) is 0.696. The number of aryl methyl sites for hydroxylation is 1. The number of benzene rings is 1. The zero-order valence-corrected chi connectivity index (χ0v) is 19.3. The summed E-state index contributed by atoms with van der Waals surface area (Å²) in [6.45, 7) is 10.7. The first-order valence-corrected chi connectivity index (χ1v) is 10.4. The molecule has 0 bridgehead atoms. The number of aromatic hydroxyl groups is 1. The van der Waals surface area contributed by atoms with Crippen LogP contribution in [0.15, 0.2) is 12.1 Å². The summed E-state index contributed by atoms with van der Waals surface area (Å²) in [5, 5.41) is 58.1. The quantitative estimate of drug-likeness (QED) is 0.309. The summed E-state index contributed by atoms with van der Waals surface area (Å²) in [5.41, 5.74) is 1.87. The third kappa shape index (κ3) is 7.73. The van der Waals surface area contributed by atoms with E-state index in [1.54, 1.807) is 0 Å². The number of aliphatic hydroxyl groups excluding tert-OH is 5. The fourth-order valence-electron chi connectivity index (χ4n) is 3.14. The largest absolute Gasteiger partial charge is 0.507 e. The Morgan fingerprint density at radius 1 is 0.903 bits per heavy atom. The highest BCUT2D eigenvalue weighted by Gasteiger charge is 2.31. The Hall–Kier alpha value is -1.71. The maximum absolute atomic E-state index is 12.1. The highest BCUT2D eigenvalue weighted by atomic mass is 16.5. The molecule has 1 aromatic carbocycles. The van der Waals surface area contributed by atoms with Crippen molar-refractivity contribution >= 4 is 5.97 Å². The molecule has 8 heteroatoms. The van der Waals surface area contributed by atoms with Gasteiger partial charge in [0.1, 0.15) is 36.8 Å². The lowest BCUT2D eigenvalue weighted by Gasteiger charge is -2.28. The summed E-state index contributed by atoms with van der Waals surface area (Å²) in [5.74, 6) is -0.349. The molecule has 0 heterocycles. The van der Waals surface area contributed by atoms with Gasteiger partial charge in [0.15, 0.2) is 0 Å². The van der Waals surface area contributed by atoms with E-state index in [0.717, 1.165) is 16.7 Å². The van der Waals surface area contributed by atoms with Crippen LogP contribution in [0, 0.1) is 0 Å². The van der Waals surface area contributed by atoms with Gasteiger partial charge in [-0.15, -0.1) is 0 Å². The van der Waals surface area contributed by atoms with Crippen LogP contribution < -0.4 is 0 Å². The molecule has 0 saturated carbocycles. The van der Waals surface area contributed by atoms with Gasteiger partial charge in [-0.2, -0.15) is 0 Å². The molecule has 0 aliphatic rings. The number of hydrogen-bond donors (Lipinski definition) is 6. The second-order valence-corrected chi connectivity index (χ2v) is 10.0. The Bertz CT molecular complexity index is 697. The number of phenolic OH excluding ortho intramolecular Hbond substituents is 1. The number of carbonyl (C=O) groups is 1. The van der Waals surface area contributed by atoms with Gasteiger partial charge in [-0.05, 0) is 33.9 Å². The minimum Gasteiger partial charge on any atom is -0.507 e. The smallest absolute Gasteiger partial charge is 0.306 e. The van der Waals surface area contributed by atoms with Crippen LogP contribution in [-0.2, 0) is 26.8 Å². The van der Waals surface area contributed by atoms with E-state index in [1.807, 2.05) is 53.7 Å². The average molecular weight is 443 g/mol. The first-order valence-electron chi connectivity index (χ1n) is 10.4. The number of hydrogen-bond acceptors (Lipinski definition) is 8. The van der Waals surface area contributed by atoms with Crippen LogP contribution in [0.4, 0.5) is 0 Å². The second-order valence-electron chi connectivity index (χ2n) is 10.0. The number of ether oxygens (including phenoxy) is 1. The van der Waals surface area contributed by atoms with Crippen LogP contribution in [0.25, 0.3) is 0 Å². The van der Waals surface area contributed by atoms with E-state index >= 15 is 0 Å². The predicted octanol–water partition coefficient (Wildman–Crippen LogP) is 0.899. The van der Waals surface area contributed by atoms with Gasteiger partial charge in [0, 0.05) is 6.42 Å². The lowest BCUT2D eigenvalue weighted by atomic mass is 9.78. The van der Waals surface area contributed by atoms with Gasteiger partial charge in [0.05, 0.1) is 6.61 Å². The molecule has 0 aliphatic carbocycles. The lowest BCUT2D eigenvalue weighted by Crippen LogP contribution is -2.47. The van der Waals surface area contributed by atoms with Crippen molar-refractivity contribution in [3.63, 3.8) is 0 Å². The molecule has 1 rings (SSSR count). The van der Waals surface area contributed by atoms with E-state index in [2.05, 4.69) is 0 Å². The Morgan fingerprint density at radius 2 is 1.35 bits per heavy atom. The van der Waals surface area contributed by atoms with Gasteiger partial charge in [0.2, 0.25) is 0 Å². The van der Waals surface area contributed by atoms with Gasteiger partial charge >= 0.3 is 5.97 Å². The number of phenols is 1. The van der Waals surface area contributed by atoms with Crippen LogP contribution in [0.3, 0.4) is 0 Å². The molecule has 0 aromatic heterocycles. The number of carbonyl (C=O) groups excluding carboxylic acids is 1. The van der Waals surface area contributed by atoms with E-state index in [0.29, 0.717) is 6.42 Å². The highest BCUT2D eigenvalue weighted by Crippen LogP contribution is 2.40. The molecule has 178 valence electrons. The van der Waals surface area contributed by atoms with Gasteiger partial charge in [0.25, 0.3) is 0 Å². The minimum absolute atomic E-state index is 0.0164. The molecule has 6 N–H and O–H groups in total. The third-order valence-electron chi connectivity index (χ3n) is 5.14. The molecule has 0 saturated heterocycles. The standard InChI is InChI=1S/C23H38O8/c1-22(2,3)14-9-13(10-15(19(14)28)23(4,5)6)7-8-18(27)31-12-17(26)21(30)20(29)16(25)11-24/h9-10,16-17,20-21,24-26,28-30H,7-8,11-12H2,1-6H3. The Morgan fingerprint density at radius 3 is 1.77 bits per heavy atom. The Labute approximate surface area is 184 Å². The highest BCUT2D eigenvalue weighted by molar-refractivity contribution is 5.69. The van der Waals surface area contributed by atoms with E-state index in [1.165, 1.54) is 0 Å². The summed E-state index contributed by atoms with van der Waals surface area (Å²) in [6.07, 6.45) is -6.42. The van der Waals surface area contributed by atoms with Gasteiger partial charge in [-0.1, -0.05) is 53.7 Å². The van der Waals surface area contributed by atoms with Crippen molar-refractivity contribution in [2.24, 2.45) is 0 Å². The zero-order valence-electron chi connectivity index (χ0n) is 19.3. The van der Waals surface area contributed by atoms with E-state index in [-0.39, 0.29) is 23.0 Å². The summed E-state index contributed by atoms with van der Waals surface area (Å²) in [4.78, 5) is 12.1. The van der Waals surface area contributed by atoms with Gasteiger partial charge in [-0.25, -0.2) is 0 Å². The van der Waals surface area contributed by atoms with Crippen LogP contribution in [0.1, 0.15) is 64.7 Å². The number of rotatable bonds is 9. The second kappa shape index (κ2) is 10.7. The molecule has 0 radical (unpaired) electrons. The first-order chi connectivity index (χ1) is 14.1. The molecule has 0 amide bonds. The van der Waals surface area contributed by atoms with Crippen LogP contribution in [-0.4, -0.2) is 74.2 Å². The predicted molar refractivity (Wildman–Crippen MR) is 116 cm³/mol. The molecule has 0 spiro atoms. The van der Waals surface area contributed by atoms with Gasteiger partial charge in [-0.3, -0.25) is 4.79 Å². The average Bonchev–Trinajstić information content (AvgIpc) is 2.67. The molecule has 0 aliphatic heterocycles. The minimum atomic E-state index is -1.78. The normalized spacial score (nSPS) is 16.5. The molecule has 1 aromatic rings. The van der Waals surface area contributed by atoms with E-state index < -0.39 is 43.6 Å². The SMILES string of the molecule is CC(C)(C)c1cc(CCC(=O)OCC(O)C(O)C(O)C(O)CO)cc(C(C)(C)C)c1O. The topological polar surface area (TPSA) is 148 Å². The monoisotopic (exact) mass is 442 g/mol. The third-order valence-corrected chi connectivity index (χ3v) is 5.14. The lowest BCUT2D eigenvalue weighted by molar-refractivity contribution is -0.156. The zero-order chi connectivity index (χ0) is 24.1. The summed E-state index contributed by atoms with van der Waals surface area (Å²) < 4.78 is 4.98. The molecular weight excluding hydrogens is 404 g/mol. The molecule has 4 unspecified atom stereocenters. The van der Waals surface area contributed by atoms with Crippen LogP contribution in [0.5, 0.6) is 5.75 Å². The van der Waals surface area contributed by atoms with E-state index in [4.69, 9.17) is 9.84 Å². The summed E-state index contributed by atoms with van der Waals surface area (Å²) in [6, 6.07) is 3.76. The van der Waals surface area contributed by atoms with Crippen molar-refractivity contribution in [2.45, 2.75) is 89.6 Å². The fourth-order valence-corrected chi connectivity index (χ4v) is 3.14.